The van der Waals surface area contributed by atoms with Gasteiger partial charge in [-0.05, 0) is 36.6 Å². The smallest absolute Gasteiger partial charge is 0.490 e. The van der Waals surface area contributed by atoms with E-state index in [9.17, 15) is 27.6 Å². The van der Waals surface area contributed by atoms with E-state index in [0.29, 0.717) is 29.0 Å². The van der Waals surface area contributed by atoms with Crippen LogP contribution in [0.4, 0.5) is 13.2 Å². The summed E-state index contributed by atoms with van der Waals surface area (Å²) in [5, 5.41) is 2.76. The highest BCUT2D eigenvalue weighted by Crippen LogP contribution is 2.40. The van der Waals surface area contributed by atoms with Crippen LogP contribution in [0.25, 0.3) is 0 Å². The molecule has 1 fully saturated rings. The zero-order valence-corrected chi connectivity index (χ0v) is 22.0. The number of carbonyl (C=O) groups excluding carboxylic acids is 3. The molecule has 2 heterocycles. The molecule has 212 valence electrons. The zero-order valence-electron chi connectivity index (χ0n) is 22.0. The quantitative estimate of drug-likeness (QED) is 0.370. The second-order valence-electron chi connectivity index (χ2n) is 9.62. The fraction of sp³-hybridized carbons (Fsp3) is 0.357. The Morgan fingerprint density at radius 2 is 1.82 bits per heavy atom. The van der Waals surface area contributed by atoms with Crippen LogP contribution >= 0.6 is 0 Å². The number of amides is 2. The van der Waals surface area contributed by atoms with Crippen LogP contribution < -0.4 is 10.1 Å². The molecule has 0 aliphatic carbocycles. The minimum atomic E-state index is -5.20. The SMILES string of the molecule is COc1ccc(C[C@H](NC(=O)CCc2c[nH]cn2)C(=O)N2CC(OC(=O)C(F)(F)F)(c3ccccc3C)C2)cc1. The average molecular weight is 559 g/mol. The molecule has 1 saturated heterocycles. The van der Waals surface area contributed by atoms with E-state index in [1.807, 2.05) is 0 Å². The molecule has 1 aromatic heterocycles. The van der Waals surface area contributed by atoms with Crippen molar-refractivity contribution in [3.63, 3.8) is 0 Å². The molecule has 2 amide bonds. The number of H-pyrrole nitrogens is 1. The molecule has 0 saturated carbocycles. The fourth-order valence-electron chi connectivity index (χ4n) is 4.69. The van der Waals surface area contributed by atoms with Gasteiger partial charge in [-0.3, -0.25) is 9.59 Å². The standard InChI is InChI=1S/C28H29F3N4O5/c1-18-5-3-4-6-22(18)27(40-26(38)28(29,30)31)15-35(16-27)25(37)23(13-19-7-10-21(39-2)11-8-19)34-24(36)12-9-20-14-32-17-33-20/h3-8,10-11,14,17,23H,9,12-13,15-16H2,1-2H3,(H,32,33)(H,34,36)/t23-/m0/s1. The number of hydrogen-bond acceptors (Lipinski definition) is 6. The van der Waals surface area contributed by atoms with E-state index < -0.39 is 29.7 Å². The number of likely N-dealkylation sites (tertiary alicyclic amines) is 1. The minimum Gasteiger partial charge on any atom is -0.497 e. The van der Waals surface area contributed by atoms with Crippen LogP contribution in [-0.2, 0) is 37.6 Å². The number of rotatable bonds is 10. The number of nitrogens with one attached hydrogen (secondary N) is 2. The number of halogens is 3. The summed E-state index contributed by atoms with van der Waals surface area (Å²) in [6.45, 7) is 1.11. The number of methoxy groups -OCH3 is 1. The first kappa shape index (κ1) is 28.7. The molecule has 0 bridgehead atoms. The van der Waals surface area contributed by atoms with E-state index in [1.54, 1.807) is 61.7 Å². The average Bonchev–Trinajstić information content (AvgIpc) is 3.42. The summed E-state index contributed by atoms with van der Waals surface area (Å²) in [4.78, 5) is 46.4. The third-order valence-corrected chi connectivity index (χ3v) is 6.75. The molecule has 9 nitrogen and oxygen atoms in total. The Hall–Kier alpha value is -4.35. The van der Waals surface area contributed by atoms with Crippen LogP contribution in [0.2, 0.25) is 0 Å². The van der Waals surface area contributed by atoms with Gasteiger partial charge in [0.1, 0.15) is 11.8 Å². The Labute approximate surface area is 228 Å². The summed E-state index contributed by atoms with van der Waals surface area (Å²) >= 11 is 0. The molecule has 0 radical (unpaired) electrons. The third-order valence-electron chi connectivity index (χ3n) is 6.75. The zero-order chi connectivity index (χ0) is 28.9. The number of aryl methyl sites for hydroxylation is 2. The van der Waals surface area contributed by atoms with Crippen molar-refractivity contribution in [2.24, 2.45) is 0 Å². The van der Waals surface area contributed by atoms with Crippen molar-refractivity contribution in [2.45, 2.75) is 44.0 Å². The Morgan fingerprint density at radius 3 is 2.42 bits per heavy atom. The van der Waals surface area contributed by atoms with Crippen molar-refractivity contribution in [2.75, 3.05) is 20.2 Å². The van der Waals surface area contributed by atoms with Crippen molar-refractivity contribution in [1.82, 2.24) is 20.2 Å². The summed E-state index contributed by atoms with van der Waals surface area (Å²) in [6, 6.07) is 12.6. The Balaban J connectivity index is 1.53. The highest BCUT2D eigenvalue weighted by Gasteiger charge is 2.55. The van der Waals surface area contributed by atoms with Crippen LogP contribution in [0.3, 0.4) is 0 Å². The van der Waals surface area contributed by atoms with Gasteiger partial charge in [0.25, 0.3) is 0 Å². The van der Waals surface area contributed by atoms with Crippen molar-refractivity contribution < 1.29 is 37.0 Å². The first-order valence-electron chi connectivity index (χ1n) is 12.6. The maximum absolute atomic E-state index is 13.6. The number of esters is 1. The van der Waals surface area contributed by atoms with Gasteiger partial charge < -0.3 is 24.7 Å². The van der Waals surface area contributed by atoms with Gasteiger partial charge in [-0.1, -0.05) is 36.4 Å². The maximum Gasteiger partial charge on any atom is 0.490 e. The number of alkyl halides is 3. The lowest BCUT2D eigenvalue weighted by Crippen LogP contribution is -2.67. The molecule has 0 spiro atoms. The molecule has 2 aromatic carbocycles. The molecule has 0 unspecified atom stereocenters. The largest absolute Gasteiger partial charge is 0.497 e. The van der Waals surface area contributed by atoms with E-state index in [1.165, 1.54) is 18.3 Å². The topological polar surface area (TPSA) is 114 Å². The number of carbonyl (C=O) groups is 3. The number of nitrogens with zero attached hydrogens (tertiary/aromatic N) is 2. The molecule has 4 rings (SSSR count). The molecule has 1 aliphatic rings. The lowest BCUT2D eigenvalue weighted by Gasteiger charge is -2.50. The Morgan fingerprint density at radius 1 is 1.12 bits per heavy atom. The van der Waals surface area contributed by atoms with Crippen LogP contribution in [-0.4, -0.2) is 65.1 Å². The molecule has 1 aliphatic heterocycles. The van der Waals surface area contributed by atoms with E-state index in [2.05, 4.69) is 15.3 Å². The number of hydrogen-bond donors (Lipinski definition) is 2. The number of ether oxygens (including phenoxy) is 2. The molecular formula is C28H29F3N4O5. The second kappa shape index (κ2) is 11.8. The summed E-state index contributed by atoms with van der Waals surface area (Å²) in [7, 11) is 1.52. The minimum absolute atomic E-state index is 0.0770. The normalized spacial score (nSPS) is 15.1. The van der Waals surface area contributed by atoms with Crippen molar-refractivity contribution in [3.8, 4) is 5.75 Å². The van der Waals surface area contributed by atoms with Crippen LogP contribution in [0, 0.1) is 6.92 Å². The van der Waals surface area contributed by atoms with Gasteiger partial charge in [-0.25, -0.2) is 9.78 Å². The fourth-order valence-corrected chi connectivity index (χ4v) is 4.69. The highest BCUT2D eigenvalue weighted by molar-refractivity contribution is 5.89. The van der Waals surface area contributed by atoms with Gasteiger partial charge in [0.15, 0.2) is 5.60 Å². The first-order valence-corrected chi connectivity index (χ1v) is 12.6. The predicted molar refractivity (Wildman–Crippen MR) is 137 cm³/mol. The molecule has 2 N–H and O–H groups in total. The number of aromatic nitrogens is 2. The van der Waals surface area contributed by atoms with Gasteiger partial charge in [0.05, 0.1) is 32.2 Å². The summed E-state index contributed by atoms with van der Waals surface area (Å²) < 4.78 is 49.6. The van der Waals surface area contributed by atoms with Crippen LogP contribution in [0.1, 0.15) is 28.8 Å². The molecular weight excluding hydrogens is 529 g/mol. The number of aromatic amines is 1. The van der Waals surface area contributed by atoms with Crippen molar-refractivity contribution in [1.29, 1.82) is 0 Å². The lowest BCUT2D eigenvalue weighted by molar-refractivity contribution is -0.230. The van der Waals surface area contributed by atoms with E-state index in [4.69, 9.17) is 9.47 Å². The van der Waals surface area contributed by atoms with Crippen LogP contribution in [0.15, 0.2) is 61.1 Å². The van der Waals surface area contributed by atoms with Gasteiger partial charge in [-0.15, -0.1) is 0 Å². The highest BCUT2D eigenvalue weighted by atomic mass is 19.4. The molecule has 3 aromatic rings. The monoisotopic (exact) mass is 558 g/mol. The number of imidazole rings is 1. The molecule has 12 heteroatoms. The Bertz CT molecular complexity index is 1340. The van der Waals surface area contributed by atoms with E-state index >= 15 is 0 Å². The van der Waals surface area contributed by atoms with E-state index in [-0.39, 0.29) is 31.8 Å². The third kappa shape index (κ3) is 6.61. The molecule has 40 heavy (non-hydrogen) atoms. The lowest BCUT2D eigenvalue weighted by atomic mass is 9.82. The van der Waals surface area contributed by atoms with Gasteiger partial charge in [0, 0.05) is 24.6 Å². The summed E-state index contributed by atoms with van der Waals surface area (Å²) in [5.74, 6) is -2.60. The first-order chi connectivity index (χ1) is 19.0. The van der Waals surface area contributed by atoms with Gasteiger partial charge >= 0.3 is 12.1 Å². The van der Waals surface area contributed by atoms with Crippen LogP contribution in [0.5, 0.6) is 5.75 Å². The van der Waals surface area contributed by atoms with Crippen molar-refractivity contribution >= 4 is 17.8 Å². The maximum atomic E-state index is 13.6. The molecule has 1 atom stereocenters. The summed E-state index contributed by atoms with van der Waals surface area (Å²) in [6.07, 6.45) is -1.47. The summed E-state index contributed by atoms with van der Waals surface area (Å²) in [5.41, 5.74) is 0.756. The van der Waals surface area contributed by atoms with Crippen molar-refractivity contribution in [3.05, 3.63) is 83.4 Å². The van der Waals surface area contributed by atoms with E-state index in [0.717, 1.165) is 5.56 Å². The van der Waals surface area contributed by atoms with Gasteiger partial charge in [0.2, 0.25) is 11.8 Å². The Kier molecular flexibility index (Phi) is 8.46. The second-order valence-corrected chi connectivity index (χ2v) is 9.62. The predicted octanol–water partition coefficient (Wildman–Crippen LogP) is 3.23. The number of benzene rings is 2. The van der Waals surface area contributed by atoms with Gasteiger partial charge in [-0.2, -0.15) is 13.2 Å².